The maximum Gasteiger partial charge on any atom is 0.250 e. The smallest absolute Gasteiger partial charge is 0.250 e. The maximum absolute atomic E-state index is 12.0. The van der Waals surface area contributed by atoms with Crippen molar-refractivity contribution >= 4 is 46.6 Å². The molecule has 0 bridgehead atoms. The average molecular weight is 409 g/mol. The molecule has 1 amide bonds. The first kappa shape index (κ1) is 19.6. The molecule has 0 aliphatic carbocycles. The summed E-state index contributed by atoms with van der Waals surface area (Å²) >= 11 is 11.0. The lowest BCUT2D eigenvalue weighted by atomic mass is 10.2. The molecule has 3 rings (SSSR count). The Labute approximate surface area is 173 Å². The summed E-state index contributed by atoms with van der Waals surface area (Å²) in [6.45, 7) is 0. The second kappa shape index (κ2) is 9.69. The summed E-state index contributed by atoms with van der Waals surface area (Å²) in [5, 5.41) is 6.42. The van der Waals surface area contributed by atoms with Crippen LogP contribution in [0.3, 0.4) is 0 Å². The van der Waals surface area contributed by atoms with Crippen LogP contribution in [0.2, 0.25) is 5.02 Å². The number of benzene rings is 3. The second-order valence-electron chi connectivity index (χ2n) is 5.77. The Bertz CT molecular complexity index is 972. The number of hydrogen-bond donors (Lipinski definition) is 2. The van der Waals surface area contributed by atoms with Crippen LogP contribution < -0.4 is 15.4 Å². The van der Waals surface area contributed by atoms with Crippen LogP contribution in [0.25, 0.3) is 6.08 Å². The number of rotatable bonds is 5. The number of anilines is 1. The quantitative estimate of drug-likeness (QED) is 0.422. The van der Waals surface area contributed by atoms with Gasteiger partial charge in [-0.05, 0) is 72.4 Å². The Hall–Kier alpha value is -3.15. The number of halogens is 1. The second-order valence-corrected chi connectivity index (χ2v) is 6.61. The van der Waals surface area contributed by atoms with Crippen LogP contribution in [0.5, 0.6) is 11.5 Å². The minimum atomic E-state index is -0.323. The monoisotopic (exact) mass is 408 g/mol. The van der Waals surface area contributed by atoms with Gasteiger partial charge in [0.2, 0.25) is 5.91 Å². The van der Waals surface area contributed by atoms with E-state index in [1.54, 1.807) is 18.2 Å². The first-order valence-corrected chi connectivity index (χ1v) is 9.26. The van der Waals surface area contributed by atoms with Crippen molar-refractivity contribution in [2.75, 3.05) is 5.32 Å². The van der Waals surface area contributed by atoms with Crippen LogP contribution in [-0.2, 0) is 4.79 Å². The van der Waals surface area contributed by atoms with Gasteiger partial charge < -0.3 is 10.1 Å². The number of carbonyl (C=O) groups is 1. The van der Waals surface area contributed by atoms with Crippen molar-refractivity contribution in [1.82, 2.24) is 5.32 Å². The van der Waals surface area contributed by atoms with Gasteiger partial charge in [-0.2, -0.15) is 0 Å². The fourth-order valence-electron chi connectivity index (χ4n) is 2.29. The highest BCUT2D eigenvalue weighted by Crippen LogP contribution is 2.22. The lowest BCUT2D eigenvalue weighted by molar-refractivity contribution is -0.115. The van der Waals surface area contributed by atoms with Gasteiger partial charge in [-0.25, -0.2) is 0 Å². The first-order valence-electron chi connectivity index (χ1n) is 8.47. The lowest BCUT2D eigenvalue weighted by Gasteiger charge is -2.10. The van der Waals surface area contributed by atoms with Gasteiger partial charge in [0, 0.05) is 16.8 Å². The molecule has 0 aliphatic rings. The van der Waals surface area contributed by atoms with Gasteiger partial charge in [-0.15, -0.1) is 0 Å². The van der Waals surface area contributed by atoms with Crippen LogP contribution >= 0.6 is 23.8 Å². The van der Waals surface area contributed by atoms with E-state index in [1.807, 2.05) is 66.7 Å². The molecule has 3 aromatic carbocycles. The van der Waals surface area contributed by atoms with E-state index in [9.17, 15) is 4.79 Å². The van der Waals surface area contributed by atoms with E-state index in [0.29, 0.717) is 10.8 Å². The molecular formula is C22H17ClN2O2S. The molecule has 0 aliphatic heterocycles. The summed E-state index contributed by atoms with van der Waals surface area (Å²) in [4.78, 5) is 12.0. The molecule has 2 N–H and O–H groups in total. The third kappa shape index (κ3) is 6.23. The standard InChI is InChI=1S/C22H17ClN2O2S/c23-17-9-6-16(7-10-17)8-15-21(26)25-22(28)24-18-11-13-20(14-12-18)27-19-4-2-1-3-5-19/h1-15H,(H2,24,25,26,28)/b15-8+. The number of amides is 1. The van der Waals surface area contributed by atoms with E-state index in [2.05, 4.69) is 10.6 Å². The number of carbonyl (C=O) groups excluding carboxylic acids is 1. The van der Waals surface area contributed by atoms with Crippen molar-refractivity contribution in [3.8, 4) is 11.5 Å². The molecule has 6 heteroatoms. The molecule has 0 fully saturated rings. The Morgan fingerprint density at radius 3 is 2.21 bits per heavy atom. The molecule has 0 heterocycles. The van der Waals surface area contributed by atoms with E-state index in [-0.39, 0.29) is 11.0 Å². The Morgan fingerprint density at radius 2 is 1.54 bits per heavy atom. The average Bonchev–Trinajstić information content (AvgIpc) is 2.70. The van der Waals surface area contributed by atoms with Gasteiger partial charge in [0.15, 0.2) is 5.11 Å². The van der Waals surface area contributed by atoms with Crippen molar-refractivity contribution in [2.45, 2.75) is 0 Å². The molecule has 0 aromatic heterocycles. The summed E-state index contributed by atoms with van der Waals surface area (Å²) in [6, 6.07) is 24.0. The zero-order valence-corrected chi connectivity index (χ0v) is 16.3. The third-order valence-corrected chi connectivity index (χ3v) is 4.08. The van der Waals surface area contributed by atoms with Gasteiger partial charge in [0.1, 0.15) is 11.5 Å². The number of ether oxygens (including phenoxy) is 1. The van der Waals surface area contributed by atoms with Gasteiger partial charge in [-0.1, -0.05) is 41.9 Å². The third-order valence-electron chi connectivity index (χ3n) is 3.62. The molecule has 0 saturated heterocycles. The van der Waals surface area contributed by atoms with Crippen molar-refractivity contribution in [2.24, 2.45) is 0 Å². The van der Waals surface area contributed by atoms with E-state index >= 15 is 0 Å². The van der Waals surface area contributed by atoms with Crippen molar-refractivity contribution < 1.29 is 9.53 Å². The van der Waals surface area contributed by atoms with E-state index in [4.69, 9.17) is 28.6 Å². The predicted octanol–water partition coefficient (Wildman–Crippen LogP) is 5.66. The van der Waals surface area contributed by atoms with E-state index < -0.39 is 0 Å². The van der Waals surface area contributed by atoms with Crippen LogP contribution in [0.15, 0.2) is 84.9 Å². The highest BCUT2D eigenvalue weighted by molar-refractivity contribution is 7.80. The SMILES string of the molecule is O=C(/C=C/c1ccc(Cl)cc1)NC(=S)Nc1ccc(Oc2ccccc2)cc1. The summed E-state index contributed by atoms with van der Waals surface area (Å²) in [5.74, 6) is 1.15. The molecule has 0 unspecified atom stereocenters. The van der Waals surface area contributed by atoms with Crippen LogP contribution in [0.1, 0.15) is 5.56 Å². The van der Waals surface area contributed by atoms with Crippen LogP contribution in [-0.4, -0.2) is 11.0 Å². The normalized spacial score (nSPS) is 10.5. The highest BCUT2D eigenvalue weighted by Gasteiger charge is 2.03. The van der Waals surface area contributed by atoms with Crippen molar-refractivity contribution in [1.29, 1.82) is 0 Å². The van der Waals surface area contributed by atoms with Gasteiger partial charge >= 0.3 is 0 Å². The lowest BCUT2D eigenvalue weighted by Crippen LogP contribution is -2.32. The molecule has 140 valence electrons. The number of nitrogens with one attached hydrogen (secondary N) is 2. The largest absolute Gasteiger partial charge is 0.457 e. The topological polar surface area (TPSA) is 50.4 Å². The van der Waals surface area contributed by atoms with Gasteiger partial charge in [-0.3, -0.25) is 10.1 Å². The van der Waals surface area contributed by atoms with E-state index in [1.165, 1.54) is 6.08 Å². The first-order chi connectivity index (χ1) is 13.6. The summed E-state index contributed by atoms with van der Waals surface area (Å²) in [6.07, 6.45) is 3.10. The number of thiocarbonyl (C=S) groups is 1. The maximum atomic E-state index is 12.0. The predicted molar refractivity (Wildman–Crippen MR) is 118 cm³/mol. The molecular weight excluding hydrogens is 392 g/mol. The minimum Gasteiger partial charge on any atom is -0.457 e. The molecule has 0 saturated carbocycles. The molecule has 0 spiro atoms. The molecule has 3 aromatic rings. The fraction of sp³-hybridized carbons (Fsp3) is 0. The van der Waals surface area contributed by atoms with E-state index in [0.717, 1.165) is 17.0 Å². The Balaban J connectivity index is 1.50. The Kier molecular flexibility index (Phi) is 6.78. The Morgan fingerprint density at radius 1 is 0.893 bits per heavy atom. The van der Waals surface area contributed by atoms with Crippen LogP contribution in [0.4, 0.5) is 5.69 Å². The summed E-state index contributed by atoms with van der Waals surface area (Å²) in [7, 11) is 0. The van der Waals surface area contributed by atoms with Crippen molar-refractivity contribution in [3.05, 3.63) is 95.5 Å². The zero-order valence-electron chi connectivity index (χ0n) is 14.8. The molecule has 0 radical (unpaired) electrons. The summed E-state index contributed by atoms with van der Waals surface area (Å²) in [5.41, 5.74) is 1.61. The molecule has 0 atom stereocenters. The van der Waals surface area contributed by atoms with Crippen molar-refractivity contribution in [3.63, 3.8) is 0 Å². The molecule has 28 heavy (non-hydrogen) atoms. The summed E-state index contributed by atoms with van der Waals surface area (Å²) < 4.78 is 5.74. The zero-order chi connectivity index (χ0) is 19.8. The van der Waals surface area contributed by atoms with Gasteiger partial charge in [0.25, 0.3) is 0 Å². The van der Waals surface area contributed by atoms with Crippen LogP contribution in [0, 0.1) is 0 Å². The minimum absolute atomic E-state index is 0.211. The molecule has 4 nitrogen and oxygen atoms in total. The highest BCUT2D eigenvalue weighted by atomic mass is 35.5. The number of hydrogen-bond acceptors (Lipinski definition) is 3. The number of para-hydroxylation sites is 1. The van der Waals surface area contributed by atoms with Gasteiger partial charge in [0.05, 0.1) is 0 Å². The fourth-order valence-corrected chi connectivity index (χ4v) is 2.64.